The second kappa shape index (κ2) is 10.2. The summed E-state index contributed by atoms with van der Waals surface area (Å²) in [6, 6.07) is 36.6. The van der Waals surface area contributed by atoms with E-state index in [0.717, 1.165) is 62.9 Å². The number of nitrogens with zero attached hydrogens (tertiary/aromatic N) is 1. The number of rotatable bonds is 4. The summed E-state index contributed by atoms with van der Waals surface area (Å²) in [5.41, 5.74) is 6.81. The van der Waals surface area contributed by atoms with Crippen LogP contribution < -0.4 is 9.64 Å². The molecular weight excluding hydrogens is 534 g/mol. The minimum absolute atomic E-state index is 0.241. The Morgan fingerprint density at radius 1 is 0.762 bits per heavy atom. The van der Waals surface area contributed by atoms with Gasteiger partial charge in [-0.25, -0.2) is 0 Å². The number of hydrogen-bond donors (Lipinski definition) is 0. The molecule has 0 radical (unpaired) electrons. The molecule has 1 saturated heterocycles. The van der Waals surface area contributed by atoms with Crippen LogP contribution in [-0.4, -0.2) is 24.6 Å². The highest BCUT2D eigenvalue weighted by molar-refractivity contribution is 7.99. The smallest absolute Gasteiger partial charge is 0.178 e. The summed E-state index contributed by atoms with van der Waals surface area (Å²) >= 11 is 1.77. The molecule has 1 atom stereocenters. The van der Waals surface area contributed by atoms with Crippen molar-refractivity contribution >= 4 is 40.1 Å². The third-order valence-electron chi connectivity index (χ3n) is 8.97. The second-order valence-electron chi connectivity index (χ2n) is 11.4. The van der Waals surface area contributed by atoms with Crippen LogP contribution in [-0.2, 0) is 5.60 Å². The summed E-state index contributed by atoms with van der Waals surface area (Å²) in [6.45, 7) is 2.24. The normalized spacial score (nSPS) is 19.4. The number of fused-ring (bicyclic) bond motifs is 4. The van der Waals surface area contributed by atoms with E-state index >= 15 is 0 Å². The highest BCUT2D eigenvalue weighted by atomic mass is 32.2. The molecule has 0 aliphatic carbocycles. The predicted octanol–water partition coefficient (Wildman–Crippen LogP) is 9.13. The second-order valence-corrected chi connectivity index (χ2v) is 12.6. The zero-order chi connectivity index (χ0) is 28.1. The van der Waals surface area contributed by atoms with Crippen molar-refractivity contribution < 1.29 is 9.53 Å². The van der Waals surface area contributed by atoms with Crippen LogP contribution in [0.15, 0.2) is 114 Å². The molecule has 0 N–H and O–H groups in total. The van der Waals surface area contributed by atoms with Crippen LogP contribution in [0, 0.1) is 0 Å². The van der Waals surface area contributed by atoms with Gasteiger partial charge in [0, 0.05) is 58.1 Å². The van der Waals surface area contributed by atoms with Gasteiger partial charge in [0.15, 0.2) is 11.4 Å². The summed E-state index contributed by atoms with van der Waals surface area (Å²) in [5.74, 6) is 1.99. The maximum atomic E-state index is 12.6. The molecule has 0 amide bonds. The third-order valence-corrected chi connectivity index (χ3v) is 10.0. The Balaban J connectivity index is 1.21. The van der Waals surface area contributed by atoms with Crippen molar-refractivity contribution in [3.63, 3.8) is 0 Å². The highest BCUT2D eigenvalue weighted by Gasteiger charge is 2.37. The van der Waals surface area contributed by atoms with Gasteiger partial charge in [0.2, 0.25) is 0 Å². The number of carbonyl (C=O) groups excluding carboxylic acids is 1. The fourth-order valence-corrected chi connectivity index (χ4v) is 7.67. The maximum Gasteiger partial charge on any atom is 0.178 e. The Bertz CT molecular complexity index is 1850. The van der Waals surface area contributed by atoms with Crippen molar-refractivity contribution in [3.8, 4) is 16.9 Å². The first kappa shape index (κ1) is 25.4. The first-order valence-electron chi connectivity index (χ1n) is 14.8. The summed E-state index contributed by atoms with van der Waals surface area (Å²) in [4.78, 5) is 16.1. The number of benzene rings is 5. The minimum Gasteiger partial charge on any atom is -0.473 e. The van der Waals surface area contributed by atoms with Gasteiger partial charge in [-0.05, 0) is 77.2 Å². The van der Waals surface area contributed by atoms with E-state index in [0.29, 0.717) is 6.42 Å². The molecule has 5 aromatic rings. The van der Waals surface area contributed by atoms with Crippen LogP contribution in [0.25, 0.3) is 28.0 Å². The average Bonchev–Trinajstić information content (AvgIpc) is 3.60. The fourth-order valence-electron chi connectivity index (χ4n) is 6.67. The van der Waals surface area contributed by atoms with E-state index in [-0.39, 0.29) is 5.78 Å². The Hall–Kier alpha value is -4.28. The van der Waals surface area contributed by atoms with E-state index in [1.54, 1.807) is 11.8 Å². The van der Waals surface area contributed by atoms with Gasteiger partial charge in [0.05, 0.1) is 0 Å². The van der Waals surface area contributed by atoms with E-state index in [1.165, 1.54) is 29.3 Å². The number of hydrogen-bond acceptors (Lipinski definition) is 4. The first-order valence-corrected chi connectivity index (χ1v) is 15.8. The lowest BCUT2D eigenvalue weighted by Crippen LogP contribution is -2.34. The molecule has 8 rings (SSSR count). The summed E-state index contributed by atoms with van der Waals surface area (Å²) in [5, 5.41) is 2.40. The van der Waals surface area contributed by atoms with Crippen molar-refractivity contribution in [1.29, 1.82) is 0 Å². The van der Waals surface area contributed by atoms with Gasteiger partial charge in [-0.15, -0.1) is 11.8 Å². The number of ketones is 1. The minimum atomic E-state index is -0.764. The molecule has 0 bridgehead atoms. The van der Waals surface area contributed by atoms with E-state index in [9.17, 15) is 4.79 Å². The molecule has 0 saturated carbocycles. The van der Waals surface area contributed by atoms with Gasteiger partial charge < -0.3 is 9.64 Å². The number of anilines is 1. The molecule has 3 nitrogen and oxygen atoms in total. The Labute approximate surface area is 250 Å². The van der Waals surface area contributed by atoms with Gasteiger partial charge in [0.25, 0.3) is 0 Å². The summed E-state index contributed by atoms with van der Waals surface area (Å²) < 4.78 is 7.05. The topological polar surface area (TPSA) is 29.5 Å². The zero-order valence-electron chi connectivity index (χ0n) is 23.4. The Morgan fingerprint density at radius 3 is 2.31 bits per heavy atom. The van der Waals surface area contributed by atoms with Crippen LogP contribution in [0.4, 0.5) is 5.69 Å². The highest BCUT2D eigenvalue weighted by Crippen LogP contribution is 2.45. The van der Waals surface area contributed by atoms with E-state index in [4.69, 9.17) is 4.74 Å². The van der Waals surface area contributed by atoms with E-state index in [1.807, 2.05) is 0 Å². The van der Waals surface area contributed by atoms with Crippen LogP contribution >= 0.6 is 11.8 Å². The molecule has 0 spiro atoms. The van der Waals surface area contributed by atoms with Gasteiger partial charge >= 0.3 is 0 Å². The quantitative estimate of drug-likeness (QED) is 0.217. The predicted molar refractivity (Wildman–Crippen MR) is 174 cm³/mol. The summed E-state index contributed by atoms with van der Waals surface area (Å²) in [7, 11) is 0. The number of thioether (sulfide) groups is 1. The van der Waals surface area contributed by atoms with Gasteiger partial charge in [-0.2, -0.15) is 0 Å². The third kappa shape index (κ3) is 4.24. The largest absolute Gasteiger partial charge is 0.473 e. The van der Waals surface area contributed by atoms with Crippen LogP contribution in [0.2, 0.25) is 0 Å². The Kier molecular flexibility index (Phi) is 6.19. The molecular formula is C38H31NO2S. The van der Waals surface area contributed by atoms with Gasteiger partial charge in [-0.3, -0.25) is 4.79 Å². The SMILES string of the molecule is O=C1CCSc2ccc(-c3ccc(C4(c5ccc(N6CCCC6)cc5)C=Cc5c(ccc6ccccc56)O4)cc3)cc21. The maximum absolute atomic E-state index is 12.6. The number of Topliss-reactive ketones (excluding diaryl/α,β-unsaturated/α-hetero) is 1. The zero-order valence-corrected chi connectivity index (χ0v) is 24.2. The molecule has 1 unspecified atom stereocenters. The number of carbonyl (C=O) groups is 1. The molecule has 42 heavy (non-hydrogen) atoms. The standard InChI is InChI=1S/C38H31NO2S/c40-35-20-24-42-37-18-10-28(25-34(35)37)26-7-11-29(12-8-26)38(30-13-15-31(16-14-30)39-22-3-4-23-39)21-19-33-32-6-2-1-5-27(32)9-17-36(33)41-38/h1-2,5-19,21,25H,3-4,20,22-24H2. The van der Waals surface area contributed by atoms with Crippen LogP contribution in [0.5, 0.6) is 5.75 Å². The van der Waals surface area contributed by atoms with Crippen LogP contribution in [0.3, 0.4) is 0 Å². The first-order chi connectivity index (χ1) is 20.7. The van der Waals surface area contributed by atoms with Crippen molar-refractivity contribution in [2.24, 2.45) is 0 Å². The molecule has 206 valence electrons. The van der Waals surface area contributed by atoms with E-state index in [2.05, 4.69) is 120 Å². The molecule has 3 aliphatic heterocycles. The average molecular weight is 566 g/mol. The van der Waals surface area contributed by atoms with E-state index < -0.39 is 5.60 Å². The number of ether oxygens (including phenoxy) is 1. The van der Waals surface area contributed by atoms with Crippen LogP contribution in [0.1, 0.15) is 46.3 Å². The lowest BCUT2D eigenvalue weighted by Gasteiger charge is -2.36. The van der Waals surface area contributed by atoms with Crippen molar-refractivity contribution in [2.45, 2.75) is 29.8 Å². The van der Waals surface area contributed by atoms with Crippen molar-refractivity contribution in [3.05, 3.63) is 131 Å². The lowest BCUT2D eigenvalue weighted by atomic mass is 9.82. The molecule has 3 heterocycles. The van der Waals surface area contributed by atoms with Crippen molar-refractivity contribution in [2.75, 3.05) is 23.7 Å². The molecule has 1 fully saturated rings. The van der Waals surface area contributed by atoms with Crippen molar-refractivity contribution in [1.82, 2.24) is 0 Å². The van der Waals surface area contributed by atoms with Gasteiger partial charge in [-0.1, -0.05) is 72.8 Å². The van der Waals surface area contributed by atoms with Gasteiger partial charge in [0.1, 0.15) is 5.75 Å². The lowest BCUT2D eigenvalue weighted by molar-refractivity contribution is 0.0985. The monoisotopic (exact) mass is 565 g/mol. The molecule has 0 aromatic heterocycles. The summed E-state index contributed by atoms with van der Waals surface area (Å²) in [6.07, 6.45) is 7.57. The molecule has 3 aliphatic rings. The fraction of sp³-hybridized carbons (Fsp3) is 0.184. The Morgan fingerprint density at radius 2 is 1.50 bits per heavy atom. The molecule has 4 heteroatoms. The molecule has 5 aromatic carbocycles.